The average Bonchev–Trinajstić information content (AvgIpc) is 3.35. The number of aromatic nitrogens is 5. The fourth-order valence-corrected chi connectivity index (χ4v) is 3.46. The Labute approximate surface area is 154 Å². The van der Waals surface area contributed by atoms with E-state index >= 15 is 0 Å². The van der Waals surface area contributed by atoms with E-state index in [1.54, 1.807) is 16.9 Å². The van der Waals surface area contributed by atoms with Gasteiger partial charge in [-0.3, -0.25) is 9.78 Å². The van der Waals surface area contributed by atoms with Gasteiger partial charge in [0.1, 0.15) is 0 Å². The van der Waals surface area contributed by atoms with Gasteiger partial charge in [0.25, 0.3) is 0 Å². The van der Waals surface area contributed by atoms with E-state index in [4.69, 9.17) is 4.74 Å². The van der Waals surface area contributed by atoms with Crippen LogP contribution in [0.1, 0.15) is 12.8 Å². The molecule has 1 aliphatic heterocycles. The second kappa shape index (κ2) is 7.79. The first-order valence-electron chi connectivity index (χ1n) is 8.43. The van der Waals surface area contributed by atoms with Gasteiger partial charge < -0.3 is 10.1 Å². The van der Waals surface area contributed by atoms with Crippen LogP contribution in [0.5, 0.6) is 0 Å². The molecule has 0 saturated carbocycles. The molecular weight excluding hydrogens is 352 g/mol. The largest absolute Gasteiger partial charge is 0.376 e. The summed E-state index contributed by atoms with van der Waals surface area (Å²) in [5.41, 5.74) is 2.32. The molecule has 26 heavy (non-hydrogen) atoms. The smallest absolute Gasteiger partial charge is 0.230 e. The molecule has 8 nitrogen and oxygen atoms in total. The third-order valence-corrected chi connectivity index (χ3v) is 4.99. The zero-order valence-electron chi connectivity index (χ0n) is 14.0. The van der Waals surface area contributed by atoms with E-state index < -0.39 is 0 Å². The Kier molecular flexibility index (Phi) is 5.07. The van der Waals surface area contributed by atoms with Crippen molar-refractivity contribution in [3.8, 4) is 11.3 Å². The zero-order chi connectivity index (χ0) is 17.8. The third-order valence-electron chi connectivity index (χ3n) is 4.07. The minimum atomic E-state index is -0.0503. The molecule has 3 aromatic rings. The van der Waals surface area contributed by atoms with Crippen molar-refractivity contribution in [3.05, 3.63) is 36.7 Å². The van der Waals surface area contributed by atoms with Crippen LogP contribution >= 0.6 is 11.8 Å². The van der Waals surface area contributed by atoms with Crippen molar-refractivity contribution in [2.75, 3.05) is 18.9 Å². The molecule has 1 N–H and O–H groups in total. The second-order valence-corrected chi connectivity index (χ2v) is 6.88. The normalized spacial score (nSPS) is 16.8. The van der Waals surface area contributed by atoms with Gasteiger partial charge in [-0.15, -0.1) is 10.2 Å². The van der Waals surface area contributed by atoms with Gasteiger partial charge in [0.15, 0.2) is 5.65 Å². The van der Waals surface area contributed by atoms with Gasteiger partial charge in [-0.2, -0.15) is 9.61 Å². The number of fused-ring (bicyclic) bond motifs is 1. The van der Waals surface area contributed by atoms with Crippen LogP contribution in [-0.2, 0) is 9.53 Å². The summed E-state index contributed by atoms with van der Waals surface area (Å²) in [6.45, 7) is 1.34. The molecule has 1 atom stereocenters. The van der Waals surface area contributed by atoms with E-state index in [1.807, 2.05) is 24.3 Å². The topological polar surface area (TPSA) is 94.3 Å². The monoisotopic (exact) mass is 370 g/mol. The van der Waals surface area contributed by atoms with Gasteiger partial charge in [-0.1, -0.05) is 11.8 Å². The van der Waals surface area contributed by atoms with Crippen molar-refractivity contribution in [3.63, 3.8) is 0 Å². The maximum absolute atomic E-state index is 12.0. The van der Waals surface area contributed by atoms with Crippen molar-refractivity contribution < 1.29 is 9.53 Å². The molecule has 0 spiro atoms. The van der Waals surface area contributed by atoms with Crippen LogP contribution in [0.3, 0.4) is 0 Å². The van der Waals surface area contributed by atoms with E-state index in [-0.39, 0.29) is 17.8 Å². The summed E-state index contributed by atoms with van der Waals surface area (Å²) in [7, 11) is 0. The predicted molar refractivity (Wildman–Crippen MR) is 96.7 cm³/mol. The number of hydrogen-bond acceptors (Lipinski definition) is 7. The molecule has 0 radical (unpaired) electrons. The lowest BCUT2D eigenvalue weighted by atomic mass is 10.2. The molecule has 1 amide bonds. The Bertz CT molecular complexity index is 895. The minimum Gasteiger partial charge on any atom is -0.376 e. The van der Waals surface area contributed by atoms with Crippen molar-refractivity contribution in [1.29, 1.82) is 0 Å². The summed E-state index contributed by atoms with van der Waals surface area (Å²) in [4.78, 5) is 16.2. The van der Waals surface area contributed by atoms with Crippen LogP contribution in [0.4, 0.5) is 0 Å². The quantitative estimate of drug-likeness (QED) is 0.658. The van der Waals surface area contributed by atoms with Crippen LogP contribution in [0.15, 0.2) is 41.8 Å². The molecule has 0 aliphatic carbocycles. The highest BCUT2D eigenvalue weighted by Gasteiger charge is 2.17. The maximum atomic E-state index is 12.0. The first-order valence-corrected chi connectivity index (χ1v) is 9.42. The molecule has 1 aliphatic rings. The van der Waals surface area contributed by atoms with Gasteiger partial charge >= 0.3 is 0 Å². The molecule has 1 fully saturated rings. The molecule has 1 saturated heterocycles. The number of nitrogens with zero attached hydrogens (tertiary/aromatic N) is 5. The number of hydrogen-bond donors (Lipinski definition) is 1. The number of ether oxygens (including phenoxy) is 1. The van der Waals surface area contributed by atoms with Gasteiger partial charge in [0, 0.05) is 31.1 Å². The standard InChI is InChI=1S/C17H18N6O2S/c24-16(19-10-13-4-2-8-25-13)11-26-17-21-20-15-6-5-14(22-23(15)17)12-3-1-7-18-9-12/h1,3,5-7,9,13H,2,4,8,10-11H2,(H,19,24)/t13-/m0/s1. The first-order chi connectivity index (χ1) is 12.8. The van der Waals surface area contributed by atoms with E-state index in [9.17, 15) is 4.79 Å². The Morgan fingerprint density at radius 3 is 3.12 bits per heavy atom. The van der Waals surface area contributed by atoms with Crippen molar-refractivity contribution in [2.45, 2.75) is 24.1 Å². The van der Waals surface area contributed by atoms with E-state index in [2.05, 4.69) is 25.6 Å². The molecule has 0 unspecified atom stereocenters. The molecule has 0 bridgehead atoms. The molecule has 3 aromatic heterocycles. The van der Waals surface area contributed by atoms with E-state index in [0.29, 0.717) is 17.3 Å². The van der Waals surface area contributed by atoms with Gasteiger partial charge in [-0.25, -0.2) is 0 Å². The summed E-state index contributed by atoms with van der Waals surface area (Å²) in [5, 5.41) is 16.3. The Morgan fingerprint density at radius 1 is 1.35 bits per heavy atom. The summed E-state index contributed by atoms with van der Waals surface area (Å²) >= 11 is 1.31. The SMILES string of the molecule is O=C(CSc1nnc2ccc(-c3cccnc3)nn12)NC[C@@H]1CCCO1. The maximum Gasteiger partial charge on any atom is 0.230 e. The number of rotatable bonds is 6. The summed E-state index contributed by atoms with van der Waals surface area (Å²) in [5.74, 6) is 0.206. The number of carbonyl (C=O) groups excluding carboxylic acids is 1. The van der Waals surface area contributed by atoms with Crippen LogP contribution in [0.2, 0.25) is 0 Å². The molecule has 9 heteroatoms. The van der Waals surface area contributed by atoms with Crippen LogP contribution in [0, 0.1) is 0 Å². The number of pyridine rings is 1. The molecular formula is C17H18N6O2S. The predicted octanol–water partition coefficient (Wildman–Crippen LogP) is 1.57. The average molecular weight is 370 g/mol. The van der Waals surface area contributed by atoms with E-state index in [1.165, 1.54) is 11.8 Å². The van der Waals surface area contributed by atoms with E-state index in [0.717, 1.165) is 30.7 Å². The Balaban J connectivity index is 1.42. The minimum absolute atomic E-state index is 0.0503. The van der Waals surface area contributed by atoms with Gasteiger partial charge in [0.05, 0.1) is 17.6 Å². The molecule has 4 rings (SSSR count). The Morgan fingerprint density at radius 2 is 2.31 bits per heavy atom. The summed E-state index contributed by atoms with van der Waals surface area (Å²) in [6, 6.07) is 7.53. The number of amides is 1. The molecule has 4 heterocycles. The lowest BCUT2D eigenvalue weighted by Crippen LogP contribution is -2.32. The molecule has 0 aromatic carbocycles. The molecule has 134 valence electrons. The van der Waals surface area contributed by atoms with Gasteiger partial charge in [-0.05, 0) is 37.1 Å². The lowest BCUT2D eigenvalue weighted by molar-refractivity contribution is -0.119. The van der Waals surface area contributed by atoms with Crippen LogP contribution in [0.25, 0.3) is 16.9 Å². The number of thioether (sulfide) groups is 1. The Hall–Kier alpha value is -2.52. The highest BCUT2D eigenvalue weighted by molar-refractivity contribution is 7.99. The summed E-state index contributed by atoms with van der Waals surface area (Å²) in [6.07, 6.45) is 5.68. The van der Waals surface area contributed by atoms with Gasteiger partial charge in [0.2, 0.25) is 11.1 Å². The first kappa shape index (κ1) is 16.9. The second-order valence-electron chi connectivity index (χ2n) is 5.94. The van der Waals surface area contributed by atoms with Crippen molar-refractivity contribution in [1.82, 2.24) is 30.1 Å². The van der Waals surface area contributed by atoms with Crippen LogP contribution in [-0.4, -0.2) is 55.7 Å². The third kappa shape index (κ3) is 3.83. The lowest BCUT2D eigenvalue weighted by Gasteiger charge is -2.10. The van der Waals surface area contributed by atoms with Crippen molar-refractivity contribution >= 4 is 23.3 Å². The van der Waals surface area contributed by atoms with Crippen LogP contribution < -0.4 is 5.32 Å². The number of nitrogens with one attached hydrogen (secondary N) is 1. The highest BCUT2D eigenvalue weighted by Crippen LogP contribution is 2.20. The highest BCUT2D eigenvalue weighted by atomic mass is 32.2. The zero-order valence-corrected chi connectivity index (χ0v) is 14.9. The summed E-state index contributed by atoms with van der Waals surface area (Å²) < 4.78 is 7.16. The fraction of sp³-hybridized carbons (Fsp3) is 0.353. The van der Waals surface area contributed by atoms with Crippen molar-refractivity contribution in [2.24, 2.45) is 0 Å². The number of carbonyl (C=O) groups is 1. The fourth-order valence-electron chi connectivity index (χ4n) is 2.74.